The Morgan fingerprint density at radius 1 is 1.50 bits per heavy atom. The first-order chi connectivity index (χ1) is 7.52. The van der Waals surface area contributed by atoms with Gasteiger partial charge in [0.25, 0.3) is 0 Å². The van der Waals surface area contributed by atoms with E-state index in [0.717, 1.165) is 0 Å². The van der Waals surface area contributed by atoms with Crippen LogP contribution in [0.25, 0.3) is 0 Å². The number of nitrogens with zero attached hydrogens (tertiary/aromatic N) is 2. The zero-order valence-corrected chi connectivity index (χ0v) is 9.15. The van der Waals surface area contributed by atoms with Gasteiger partial charge in [-0.3, -0.25) is 4.79 Å². The highest BCUT2D eigenvalue weighted by molar-refractivity contribution is 6.03. The van der Waals surface area contributed by atoms with Crippen LogP contribution in [-0.4, -0.2) is 34.6 Å². The first-order valence-corrected chi connectivity index (χ1v) is 4.97. The number of aromatic nitrogens is 1. The van der Waals surface area contributed by atoms with Gasteiger partial charge in [0, 0.05) is 33.3 Å². The second-order valence-corrected chi connectivity index (χ2v) is 3.75. The van der Waals surface area contributed by atoms with Crippen molar-refractivity contribution in [1.29, 1.82) is 0 Å². The molecule has 1 aromatic heterocycles. The van der Waals surface area contributed by atoms with Crippen LogP contribution in [0.3, 0.4) is 0 Å². The molecule has 0 atom stereocenters. The summed E-state index contributed by atoms with van der Waals surface area (Å²) in [7, 11) is 1.65. The van der Waals surface area contributed by atoms with Gasteiger partial charge in [-0.25, -0.2) is 4.79 Å². The number of rotatable bonds is 1. The standard InChI is InChI=1S/C10H13N3O3/c1-6(14)13-4-3-11-8-7(13)5-12(2)9(8)10(15)16/h5,11H,3-4H2,1-2H3,(H,15,16). The molecule has 16 heavy (non-hydrogen) atoms. The van der Waals surface area contributed by atoms with Gasteiger partial charge in [-0.05, 0) is 0 Å². The molecule has 1 aliphatic heterocycles. The minimum atomic E-state index is -0.998. The van der Waals surface area contributed by atoms with Crippen molar-refractivity contribution in [2.75, 3.05) is 23.3 Å². The number of amides is 1. The summed E-state index contributed by atoms with van der Waals surface area (Å²) < 4.78 is 1.52. The fourth-order valence-corrected chi connectivity index (χ4v) is 1.99. The number of fused-ring (bicyclic) bond motifs is 1. The van der Waals surface area contributed by atoms with Crippen LogP contribution in [0, 0.1) is 0 Å². The molecule has 6 heteroatoms. The van der Waals surface area contributed by atoms with Gasteiger partial charge < -0.3 is 19.9 Å². The lowest BCUT2D eigenvalue weighted by Gasteiger charge is -2.26. The quantitative estimate of drug-likeness (QED) is 0.727. The molecular weight excluding hydrogens is 210 g/mol. The zero-order valence-electron chi connectivity index (χ0n) is 9.15. The number of aromatic carboxylic acids is 1. The molecule has 0 spiro atoms. The van der Waals surface area contributed by atoms with Crippen LogP contribution < -0.4 is 10.2 Å². The third-order valence-electron chi connectivity index (χ3n) is 2.67. The number of hydrogen-bond donors (Lipinski definition) is 2. The highest BCUT2D eigenvalue weighted by Crippen LogP contribution is 2.33. The minimum Gasteiger partial charge on any atom is -0.477 e. The predicted octanol–water partition coefficient (Wildman–Crippen LogP) is 0.502. The number of anilines is 2. The maximum atomic E-state index is 11.4. The Hall–Kier alpha value is -1.98. The molecule has 1 aromatic rings. The number of carboxylic acid groups (broad SMARTS) is 1. The van der Waals surface area contributed by atoms with Gasteiger partial charge in [-0.2, -0.15) is 0 Å². The lowest BCUT2D eigenvalue weighted by atomic mass is 10.2. The Bertz CT molecular complexity index is 464. The Kier molecular flexibility index (Phi) is 2.34. The maximum absolute atomic E-state index is 11.4. The van der Waals surface area contributed by atoms with E-state index in [9.17, 15) is 9.59 Å². The average molecular weight is 223 g/mol. The summed E-state index contributed by atoms with van der Waals surface area (Å²) in [6.07, 6.45) is 1.66. The number of hydrogen-bond acceptors (Lipinski definition) is 3. The van der Waals surface area contributed by atoms with Gasteiger partial charge in [0.15, 0.2) is 5.69 Å². The van der Waals surface area contributed by atoms with E-state index in [1.807, 2.05) is 0 Å². The molecule has 0 radical (unpaired) electrons. The minimum absolute atomic E-state index is 0.0784. The second-order valence-electron chi connectivity index (χ2n) is 3.75. The molecule has 2 N–H and O–H groups in total. The molecule has 2 heterocycles. The zero-order chi connectivity index (χ0) is 11.9. The van der Waals surface area contributed by atoms with Crippen molar-refractivity contribution in [2.45, 2.75) is 6.92 Å². The Labute approximate surface area is 92.5 Å². The predicted molar refractivity (Wildman–Crippen MR) is 58.9 cm³/mol. The highest BCUT2D eigenvalue weighted by atomic mass is 16.4. The van der Waals surface area contributed by atoms with Gasteiger partial charge >= 0.3 is 5.97 Å². The van der Waals surface area contributed by atoms with Crippen LogP contribution in [0.15, 0.2) is 6.20 Å². The average Bonchev–Trinajstić information content (AvgIpc) is 2.52. The van der Waals surface area contributed by atoms with Crippen LogP contribution in [0.5, 0.6) is 0 Å². The largest absolute Gasteiger partial charge is 0.477 e. The van der Waals surface area contributed by atoms with Crippen LogP contribution in [0.2, 0.25) is 0 Å². The van der Waals surface area contributed by atoms with Crippen molar-refractivity contribution >= 4 is 23.3 Å². The summed E-state index contributed by atoms with van der Waals surface area (Å²) in [6, 6.07) is 0. The molecule has 6 nitrogen and oxygen atoms in total. The number of nitrogens with one attached hydrogen (secondary N) is 1. The fourth-order valence-electron chi connectivity index (χ4n) is 1.99. The number of aryl methyl sites for hydroxylation is 1. The normalized spacial score (nSPS) is 14.2. The van der Waals surface area contributed by atoms with Gasteiger partial charge in [0.1, 0.15) is 0 Å². The molecule has 86 valence electrons. The summed E-state index contributed by atoms with van der Waals surface area (Å²) in [4.78, 5) is 24.0. The third kappa shape index (κ3) is 1.42. The van der Waals surface area contributed by atoms with Gasteiger partial charge in [0.05, 0.1) is 11.4 Å². The summed E-state index contributed by atoms with van der Waals surface area (Å²) in [5, 5.41) is 12.1. The lowest BCUT2D eigenvalue weighted by Crippen LogP contribution is -2.37. The fraction of sp³-hybridized carbons (Fsp3) is 0.400. The molecule has 0 saturated heterocycles. The topological polar surface area (TPSA) is 74.6 Å². The number of carbonyl (C=O) groups is 2. The van der Waals surface area contributed by atoms with Crippen molar-refractivity contribution in [3.63, 3.8) is 0 Å². The first kappa shape index (κ1) is 10.5. The molecule has 1 amide bonds. The monoisotopic (exact) mass is 223 g/mol. The molecule has 0 fully saturated rings. The van der Waals surface area contributed by atoms with E-state index in [2.05, 4.69) is 5.32 Å². The summed E-state index contributed by atoms with van der Waals surface area (Å²) in [5.74, 6) is -1.08. The van der Waals surface area contributed by atoms with Crippen molar-refractivity contribution < 1.29 is 14.7 Å². The Morgan fingerprint density at radius 3 is 2.75 bits per heavy atom. The Balaban J connectivity index is 2.56. The molecule has 1 aliphatic rings. The summed E-state index contributed by atoms with van der Waals surface area (Å²) in [6.45, 7) is 2.60. The van der Waals surface area contributed by atoms with E-state index < -0.39 is 5.97 Å². The van der Waals surface area contributed by atoms with Crippen LogP contribution in [0.4, 0.5) is 11.4 Å². The summed E-state index contributed by atoms with van der Waals surface area (Å²) >= 11 is 0. The number of carbonyl (C=O) groups excluding carboxylic acids is 1. The first-order valence-electron chi connectivity index (χ1n) is 4.97. The molecular formula is C10H13N3O3. The van der Waals surface area contributed by atoms with Crippen LogP contribution in [-0.2, 0) is 11.8 Å². The van der Waals surface area contributed by atoms with Gasteiger partial charge in [-0.15, -0.1) is 0 Å². The van der Waals surface area contributed by atoms with E-state index in [4.69, 9.17) is 5.11 Å². The van der Waals surface area contributed by atoms with E-state index >= 15 is 0 Å². The maximum Gasteiger partial charge on any atom is 0.354 e. The summed E-state index contributed by atoms with van der Waals surface area (Å²) in [5.41, 5.74) is 1.34. The molecule has 0 aromatic carbocycles. The van der Waals surface area contributed by atoms with Crippen molar-refractivity contribution in [3.05, 3.63) is 11.9 Å². The van der Waals surface area contributed by atoms with E-state index in [0.29, 0.717) is 24.5 Å². The molecule has 0 saturated carbocycles. The van der Waals surface area contributed by atoms with Crippen LogP contribution in [0.1, 0.15) is 17.4 Å². The van der Waals surface area contributed by atoms with Gasteiger partial charge in [0.2, 0.25) is 5.91 Å². The smallest absolute Gasteiger partial charge is 0.354 e. The van der Waals surface area contributed by atoms with Crippen molar-refractivity contribution in [2.24, 2.45) is 7.05 Å². The van der Waals surface area contributed by atoms with E-state index in [-0.39, 0.29) is 11.6 Å². The molecule has 0 aliphatic carbocycles. The highest BCUT2D eigenvalue weighted by Gasteiger charge is 2.27. The van der Waals surface area contributed by atoms with E-state index in [1.165, 1.54) is 11.5 Å². The van der Waals surface area contributed by atoms with Crippen molar-refractivity contribution in [1.82, 2.24) is 4.57 Å². The number of carboxylic acids is 1. The van der Waals surface area contributed by atoms with Gasteiger partial charge in [-0.1, -0.05) is 0 Å². The van der Waals surface area contributed by atoms with Crippen molar-refractivity contribution in [3.8, 4) is 0 Å². The third-order valence-corrected chi connectivity index (χ3v) is 2.67. The Morgan fingerprint density at radius 2 is 2.19 bits per heavy atom. The second kappa shape index (κ2) is 3.55. The van der Waals surface area contributed by atoms with Crippen LogP contribution >= 0.6 is 0 Å². The lowest BCUT2D eigenvalue weighted by molar-refractivity contribution is -0.116. The van der Waals surface area contributed by atoms with E-state index in [1.54, 1.807) is 18.1 Å². The SMILES string of the molecule is CC(=O)N1CCNc2c1cn(C)c2C(=O)O. The molecule has 0 bridgehead atoms. The molecule has 2 rings (SSSR count). The molecule has 0 unspecified atom stereocenters.